The molecule has 1 fully saturated rings. The zero-order valence-electron chi connectivity index (χ0n) is 11.0. The van der Waals surface area contributed by atoms with Gasteiger partial charge in [0.05, 0.1) is 0 Å². The van der Waals surface area contributed by atoms with Crippen LogP contribution in [0.4, 0.5) is 0 Å². The van der Waals surface area contributed by atoms with E-state index in [1.807, 2.05) is 0 Å². The van der Waals surface area contributed by atoms with E-state index in [4.69, 9.17) is 0 Å². The topological polar surface area (TPSA) is 40.5 Å². The Bertz CT molecular complexity index is 252. The van der Waals surface area contributed by atoms with Crippen molar-refractivity contribution < 1.29 is 9.90 Å². The molecule has 0 bridgehead atoms. The minimum Gasteiger partial charge on any atom is -0.480 e. The molecule has 1 aliphatic rings. The van der Waals surface area contributed by atoms with Gasteiger partial charge in [-0.25, -0.2) is 0 Å². The molecule has 1 N–H and O–H groups in total. The summed E-state index contributed by atoms with van der Waals surface area (Å²) in [4.78, 5) is 13.8. The minimum absolute atomic E-state index is 0.298. The van der Waals surface area contributed by atoms with E-state index in [-0.39, 0.29) is 0 Å². The van der Waals surface area contributed by atoms with Crippen LogP contribution in [-0.4, -0.2) is 34.1 Å². The molecule has 3 heteroatoms. The Morgan fingerprint density at radius 2 is 2.19 bits per heavy atom. The number of rotatable bonds is 4. The van der Waals surface area contributed by atoms with Crippen LogP contribution in [0.2, 0.25) is 0 Å². The predicted molar refractivity (Wildman–Crippen MR) is 65.5 cm³/mol. The lowest BCUT2D eigenvalue weighted by Gasteiger charge is -2.46. The van der Waals surface area contributed by atoms with E-state index < -0.39 is 11.5 Å². The number of carboxylic acid groups (broad SMARTS) is 1. The largest absolute Gasteiger partial charge is 0.480 e. The summed E-state index contributed by atoms with van der Waals surface area (Å²) < 4.78 is 0. The Hall–Kier alpha value is -0.570. The molecule has 0 aliphatic heterocycles. The van der Waals surface area contributed by atoms with Gasteiger partial charge in [-0.05, 0) is 39.2 Å². The van der Waals surface area contributed by atoms with Gasteiger partial charge in [-0.15, -0.1) is 0 Å². The predicted octanol–water partition coefficient (Wildman–Crippen LogP) is 2.75. The molecule has 2 unspecified atom stereocenters. The zero-order chi connectivity index (χ0) is 12.3. The van der Waals surface area contributed by atoms with Crippen LogP contribution in [0.15, 0.2) is 0 Å². The summed E-state index contributed by atoms with van der Waals surface area (Å²) in [6, 6.07) is 0.298. The maximum Gasteiger partial charge on any atom is 0.324 e. The van der Waals surface area contributed by atoms with Gasteiger partial charge in [-0.3, -0.25) is 9.69 Å². The van der Waals surface area contributed by atoms with Crippen molar-refractivity contribution in [3.8, 4) is 0 Å². The summed E-state index contributed by atoms with van der Waals surface area (Å²) >= 11 is 0. The van der Waals surface area contributed by atoms with Crippen molar-refractivity contribution >= 4 is 5.97 Å². The molecule has 0 aromatic heterocycles. The third-order valence-electron chi connectivity index (χ3n) is 3.89. The molecule has 0 aromatic carbocycles. The number of carbonyl (C=O) groups is 1. The first-order chi connectivity index (χ1) is 7.44. The van der Waals surface area contributed by atoms with E-state index in [0.717, 1.165) is 25.8 Å². The Balaban J connectivity index is 2.99. The highest BCUT2D eigenvalue weighted by Crippen LogP contribution is 2.38. The van der Waals surface area contributed by atoms with E-state index in [2.05, 4.69) is 32.6 Å². The Labute approximate surface area is 98.8 Å². The van der Waals surface area contributed by atoms with Crippen LogP contribution >= 0.6 is 0 Å². The molecule has 0 amide bonds. The molecule has 16 heavy (non-hydrogen) atoms. The highest BCUT2D eigenvalue weighted by atomic mass is 16.4. The van der Waals surface area contributed by atoms with Crippen LogP contribution in [0.25, 0.3) is 0 Å². The number of aliphatic carboxylic acids is 1. The van der Waals surface area contributed by atoms with Crippen molar-refractivity contribution in [2.75, 3.05) is 6.54 Å². The second-order valence-corrected chi connectivity index (χ2v) is 5.42. The molecule has 1 rings (SSSR count). The van der Waals surface area contributed by atoms with Gasteiger partial charge in [0.25, 0.3) is 0 Å². The van der Waals surface area contributed by atoms with Gasteiger partial charge in [0.1, 0.15) is 5.54 Å². The highest BCUT2D eigenvalue weighted by molar-refractivity contribution is 5.79. The summed E-state index contributed by atoms with van der Waals surface area (Å²) in [6.07, 6.45) is 3.81. The fourth-order valence-corrected chi connectivity index (χ4v) is 3.26. The number of nitrogens with zero attached hydrogens (tertiary/aromatic N) is 1. The monoisotopic (exact) mass is 227 g/mol. The molecule has 1 aliphatic carbocycles. The molecule has 2 atom stereocenters. The second-order valence-electron chi connectivity index (χ2n) is 5.42. The van der Waals surface area contributed by atoms with E-state index in [9.17, 15) is 9.90 Å². The molecular weight excluding hydrogens is 202 g/mol. The minimum atomic E-state index is -0.630. The quantitative estimate of drug-likeness (QED) is 0.803. The van der Waals surface area contributed by atoms with Crippen molar-refractivity contribution in [1.29, 1.82) is 0 Å². The third-order valence-corrected chi connectivity index (χ3v) is 3.89. The van der Waals surface area contributed by atoms with Crippen molar-refractivity contribution in [3.05, 3.63) is 0 Å². The van der Waals surface area contributed by atoms with Crippen molar-refractivity contribution in [1.82, 2.24) is 4.90 Å². The van der Waals surface area contributed by atoms with Crippen LogP contribution < -0.4 is 0 Å². The lowest BCUT2D eigenvalue weighted by molar-refractivity contribution is -0.157. The van der Waals surface area contributed by atoms with E-state index >= 15 is 0 Å². The fourth-order valence-electron chi connectivity index (χ4n) is 3.26. The maximum atomic E-state index is 11.7. The fraction of sp³-hybridized carbons (Fsp3) is 0.923. The summed E-state index contributed by atoms with van der Waals surface area (Å²) in [5, 5.41) is 9.62. The van der Waals surface area contributed by atoms with Gasteiger partial charge in [0.2, 0.25) is 0 Å². The molecule has 0 radical (unpaired) electrons. The molecule has 0 saturated heterocycles. The number of carboxylic acids is 1. The summed E-state index contributed by atoms with van der Waals surface area (Å²) in [7, 11) is 0. The molecule has 3 nitrogen and oxygen atoms in total. The van der Waals surface area contributed by atoms with Crippen LogP contribution in [0.1, 0.15) is 53.4 Å². The Kier molecular flexibility index (Phi) is 4.36. The highest BCUT2D eigenvalue weighted by Gasteiger charge is 2.46. The van der Waals surface area contributed by atoms with Crippen molar-refractivity contribution in [2.45, 2.75) is 65.0 Å². The SMILES string of the molecule is CCN(C(C)C)C1(C(=O)O)CCCC(C)C1. The van der Waals surface area contributed by atoms with E-state index in [1.54, 1.807) is 0 Å². The standard InChI is InChI=1S/C13H25NO2/c1-5-14(10(2)3)13(12(15)16)8-6-7-11(4)9-13/h10-11H,5-9H2,1-4H3,(H,15,16). The first kappa shape index (κ1) is 13.5. The van der Waals surface area contributed by atoms with Gasteiger partial charge in [0.15, 0.2) is 0 Å². The summed E-state index contributed by atoms with van der Waals surface area (Å²) in [5.41, 5.74) is -0.611. The van der Waals surface area contributed by atoms with Gasteiger partial charge < -0.3 is 5.11 Å². The number of likely N-dealkylation sites (N-methyl/N-ethyl adjacent to an activating group) is 1. The molecule has 0 spiro atoms. The average Bonchev–Trinajstić information content (AvgIpc) is 2.17. The van der Waals surface area contributed by atoms with Crippen LogP contribution in [0.3, 0.4) is 0 Å². The number of hydrogen-bond acceptors (Lipinski definition) is 2. The van der Waals surface area contributed by atoms with Crippen molar-refractivity contribution in [2.24, 2.45) is 5.92 Å². The van der Waals surface area contributed by atoms with Crippen LogP contribution in [-0.2, 0) is 4.79 Å². The Morgan fingerprint density at radius 1 is 1.56 bits per heavy atom. The first-order valence-corrected chi connectivity index (χ1v) is 6.44. The lowest BCUT2D eigenvalue weighted by atomic mass is 9.74. The normalized spacial score (nSPS) is 31.0. The lowest BCUT2D eigenvalue weighted by Crippen LogP contribution is -2.59. The van der Waals surface area contributed by atoms with E-state index in [1.165, 1.54) is 6.42 Å². The number of hydrogen-bond donors (Lipinski definition) is 1. The first-order valence-electron chi connectivity index (χ1n) is 6.44. The smallest absolute Gasteiger partial charge is 0.324 e. The van der Waals surface area contributed by atoms with Gasteiger partial charge >= 0.3 is 5.97 Å². The summed E-state index contributed by atoms with van der Waals surface area (Å²) in [5.74, 6) is -0.104. The molecule has 0 heterocycles. The third kappa shape index (κ3) is 2.40. The van der Waals surface area contributed by atoms with Gasteiger partial charge in [0, 0.05) is 6.04 Å². The molecule has 0 aromatic rings. The molecule has 1 saturated carbocycles. The average molecular weight is 227 g/mol. The van der Waals surface area contributed by atoms with Crippen molar-refractivity contribution in [3.63, 3.8) is 0 Å². The van der Waals surface area contributed by atoms with Crippen LogP contribution in [0, 0.1) is 5.92 Å². The molecular formula is C13H25NO2. The summed E-state index contributed by atoms with van der Waals surface area (Å²) in [6.45, 7) is 9.23. The zero-order valence-corrected chi connectivity index (χ0v) is 11.0. The molecule has 94 valence electrons. The Morgan fingerprint density at radius 3 is 2.56 bits per heavy atom. The van der Waals surface area contributed by atoms with Crippen LogP contribution in [0.5, 0.6) is 0 Å². The second kappa shape index (κ2) is 5.17. The van der Waals surface area contributed by atoms with Gasteiger partial charge in [-0.1, -0.05) is 26.7 Å². The van der Waals surface area contributed by atoms with Gasteiger partial charge in [-0.2, -0.15) is 0 Å². The maximum absolute atomic E-state index is 11.7. The van der Waals surface area contributed by atoms with E-state index in [0.29, 0.717) is 12.0 Å².